The molecule has 1 amide bonds. The first kappa shape index (κ1) is 23.4. The maximum atomic E-state index is 13.6. The maximum Gasteiger partial charge on any atom is 0.248 e. The van der Waals surface area contributed by atoms with Crippen LogP contribution in [0.2, 0.25) is 0 Å². The highest BCUT2D eigenvalue weighted by Crippen LogP contribution is 2.45. The highest BCUT2D eigenvalue weighted by atomic mass is 35.5. The van der Waals surface area contributed by atoms with E-state index in [1.165, 1.54) is 0 Å². The van der Waals surface area contributed by atoms with E-state index in [0.29, 0.717) is 0 Å². The quantitative estimate of drug-likeness (QED) is 0.289. The Kier molecular flexibility index (Phi) is 7.12. The van der Waals surface area contributed by atoms with Crippen LogP contribution in [-0.2, 0) is 4.79 Å². The first-order valence-corrected chi connectivity index (χ1v) is 12.0. The lowest BCUT2D eigenvalue weighted by atomic mass is 9.68. The highest BCUT2D eigenvalue weighted by Gasteiger charge is 2.46. The molecular weight excluding hydrogens is 454 g/mol. The Morgan fingerprint density at radius 1 is 1.30 bits per heavy atom. The molecule has 1 aliphatic rings. The summed E-state index contributed by atoms with van der Waals surface area (Å²) in [4.78, 5) is 18.9. The fourth-order valence-corrected chi connectivity index (χ4v) is 6.06. The monoisotopic (exact) mass is 481 g/mol. The number of hydrazone groups is 1. The van der Waals surface area contributed by atoms with Crippen LogP contribution in [0, 0.1) is 5.41 Å². The largest absolute Gasteiger partial charge is 0.309 e. The van der Waals surface area contributed by atoms with Gasteiger partial charge >= 0.3 is 0 Å². The van der Waals surface area contributed by atoms with Gasteiger partial charge in [0.25, 0.3) is 0 Å². The Morgan fingerprint density at radius 2 is 2.15 bits per heavy atom. The SMILES string of the molecule is CCCC1(C(=O)NN=Cc2cccc3sc4nccn4c23)CCCNC1c1ccccc1.Cl. The van der Waals surface area contributed by atoms with Crippen LogP contribution in [0.5, 0.6) is 0 Å². The standard InChI is InChI=1S/C25H27N5OS.ClH/c1-2-12-25(13-7-14-26-22(25)18-8-4-3-5-9-18)23(31)29-28-17-19-10-6-11-20-21(19)30-16-15-27-24(30)32-20;/h3-6,8-11,15-17,22,26H,2,7,12-14H2,1H3,(H,29,31);1H. The molecule has 0 aliphatic carbocycles. The normalized spacial score (nSPS) is 20.8. The number of nitrogens with zero attached hydrogens (tertiary/aromatic N) is 3. The van der Waals surface area contributed by atoms with Crippen molar-refractivity contribution in [1.82, 2.24) is 20.1 Å². The first-order valence-electron chi connectivity index (χ1n) is 11.2. The van der Waals surface area contributed by atoms with E-state index in [1.807, 2.05) is 36.5 Å². The summed E-state index contributed by atoms with van der Waals surface area (Å²) in [6, 6.07) is 16.4. The Bertz CT molecular complexity index is 1260. The Morgan fingerprint density at radius 3 is 2.97 bits per heavy atom. The molecule has 2 aromatic carbocycles. The number of rotatable bonds is 6. The summed E-state index contributed by atoms with van der Waals surface area (Å²) >= 11 is 1.64. The van der Waals surface area contributed by atoms with Crippen LogP contribution in [0.4, 0.5) is 0 Å². The lowest BCUT2D eigenvalue weighted by Gasteiger charge is -2.43. The van der Waals surface area contributed by atoms with E-state index in [4.69, 9.17) is 0 Å². The molecule has 2 aromatic heterocycles. The number of halogens is 1. The van der Waals surface area contributed by atoms with Crippen molar-refractivity contribution in [3.05, 3.63) is 72.1 Å². The summed E-state index contributed by atoms with van der Waals surface area (Å²) in [6.45, 7) is 3.06. The second-order valence-corrected chi connectivity index (χ2v) is 9.39. The zero-order chi connectivity index (χ0) is 22.0. The topological polar surface area (TPSA) is 70.8 Å². The van der Waals surface area contributed by atoms with Gasteiger partial charge in [0.2, 0.25) is 5.91 Å². The van der Waals surface area contributed by atoms with Gasteiger partial charge in [-0.15, -0.1) is 12.4 Å². The summed E-state index contributed by atoms with van der Waals surface area (Å²) < 4.78 is 3.21. The molecule has 3 heterocycles. The molecule has 0 saturated carbocycles. The zero-order valence-electron chi connectivity index (χ0n) is 18.5. The van der Waals surface area contributed by atoms with Crippen molar-refractivity contribution in [2.45, 2.75) is 38.6 Å². The average molecular weight is 482 g/mol. The third kappa shape index (κ3) is 4.28. The number of nitrogens with one attached hydrogen (secondary N) is 2. The van der Waals surface area contributed by atoms with E-state index in [1.54, 1.807) is 23.7 Å². The van der Waals surface area contributed by atoms with Crippen LogP contribution in [0.25, 0.3) is 15.2 Å². The number of fused-ring (bicyclic) bond motifs is 3. The zero-order valence-corrected chi connectivity index (χ0v) is 20.2. The molecular formula is C25H28ClN5OS. The first-order chi connectivity index (χ1) is 15.7. The van der Waals surface area contributed by atoms with Gasteiger partial charge in [0.1, 0.15) is 0 Å². The minimum absolute atomic E-state index is 0. The van der Waals surface area contributed by atoms with Crippen LogP contribution in [0.15, 0.2) is 66.0 Å². The molecule has 1 saturated heterocycles. The molecule has 2 N–H and O–H groups in total. The van der Waals surface area contributed by atoms with Crippen LogP contribution >= 0.6 is 23.7 Å². The fourth-order valence-electron chi connectivity index (χ4n) is 5.04. The minimum Gasteiger partial charge on any atom is -0.309 e. The number of carbonyl (C=O) groups is 1. The van der Waals surface area contributed by atoms with Crippen LogP contribution < -0.4 is 10.7 Å². The van der Waals surface area contributed by atoms with Gasteiger partial charge in [0.15, 0.2) is 4.96 Å². The van der Waals surface area contributed by atoms with Gasteiger partial charge in [-0.1, -0.05) is 67.1 Å². The predicted molar refractivity (Wildman–Crippen MR) is 137 cm³/mol. The van der Waals surface area contributed by atoms with Gasteiger partial charge < -0.3 is 5.32 Å². The molecule has 6 nitrogen and oxygen atoms in total. The van der Waals surface area contributed by atoms with Crippen molar-refractivity contribution in [2.24, 2.45) is 10.5 Å². The molecule has 0 bridgehead atoms. The number of para-hydroxylation sites is 1. The molecule has 1 aliphatic heterocycles. The van der Waals surface area contributed by atoms with E-state index in [-0.39, 0.29) is 24.4 Å². The molecule has 2 atom stereocenters. The number of hydrogen-bond donors (Lipinski definition) is 2. The Hall–Kier alpha value is -2.74. The Labute approximate surface area is 203 Å². The third-order valence-corrected chi connectivity index (χ3v) is 7.46. The predicted octanol–water partition coefficient (Wildman–Crippen LogP) is 5.33. The van der Waals surface area contributed by atoms with Crippen LogP contribution in [0.1, 0.15) is 49.8 Å². The molecule has 33 heavy (non-hydrogen) atoms. The number of benzene rings is 2. The molecule has 0 spiro atoms. The lowest BCUT2D eigenvalue weighted by molar-refractivity contribution is -0.135. The summed E-state index contributed by atoms with van der Waals surface area (Å²) in [5.41, 5.74) is 5.55. The summed E-state index contributed by atoms with van der Waals surface area (Å²) in [6.07, 6.45) is 9.09. The van der Waals surface area contributed by atoms with Crippen molar-refractivity contribution in [3.8, 4) is 0 Å². The molecule has 8 heteroatoms. The number of aromatic nitrogens is 2. The van der Waals surface area contributed by atoms with E-state index in [2.05, 4.69) is 50.4 Å². The minimum atomic E-state index is -0.516. The molecule has 1 fully saturated rings. The average Bonchev–Trinajstić information content (AvgIpc) is 3.41. The number of carbonyl (C=O) groups excluding carboxylic acids is 1. The molecule has 0 radical (unpaired) electrons. The van der Waals surface area contributed by atoms with Gasteiger partial charge in [-0.2, -0.15) is 5.10 Å². The summed E-state index contributed by atoms with van der Waals surface area (Å²) in [5, 5.41) is 8.03. The van der Waals surface area contributed by atoms with Crippen molar-refractivity contribution >= 4 is 51.0 Å². The van der Waals surface area contributed by atoms with Crippen molar-refractivity contribution in [3.63, 3.8) is 0 Å². The number of piperidine rings is 1. The van der Waals surface area contributed by atoms with E-state index in [0.717, 1.165) is 58.5 Å². The van der Waals surface area contributed by atoms with Gasteiger partial charge in [-0.05, 0) is 37.4 Å². The number of amides is 1. The van der Waals surface area contributed by atoms with Gasteiger partial charge in [-0.25, -0.2) is 10.4 Å². The number of imidazole rings is 1. The molecule has 2 unspecified atom stereocenters. The van der Waals surface area contributed by atoms with E-state index < -0.39 is 5.41 Å². The lowest BCUT2D eigenvalue weighted by Crippen LogP contribution is -2.51. The van der Waals surface area contributed by atoms with E-state index >= 15 is 0 Å². The summed E-state index contributed by atoms with van der Waals surface area (Å²) in [5.74, 6) is -0.0121. The van der Waals surface area contributed by atoms with Crippen molar-refractivity contribution < 1.29 is 4.79 Å². The molecule has 5 rings (SSSR count). The Balaban J connectivity index is 0.00000259. The van der Waals surface area contributed by atoms with Crippen molar-refractivity contribution in [2.75, 3.05) is 6.54 Å². The number of thiazole rings is 1. The van der Waals surface area contributed by atoms with Crippen molar-refractivity contribution in [1.29, 1.82) is 0 Å². The highest BCUT2D eigenvalue weighted by molar-refractivity contribution is 7.23. The second-order valence-electron chi connectivity index (χ2n) is 8.38. The van der Waals surface area contributed by atoms with Gasteiger partial charge in [0, 0.05) is 24.0 Å². The smallest absolute Gasteiger partial charge is 0.248 e. The second kappa shape index (κ2) is 10.0. The molecule has 172 valence electrons. The maximum absolute atomic E-state index is 13.6. The third-order valence-electron chi connectivity index (χ3n) is 6.43. The van der Waals surface area contributed by atoms with Crippen LogP contribution in [0.3, 0.4) is 0 Å². The fraction of sp³-hybridized carbons (Fsp3) is 0.320. The summed E-state index contributed by atoms with van der Waals surface area (Å²) in [7, 11) is 0. The van der Waals surface area contributed by atoms with Gasteiger partial charge in [-0.3, -0.25) is 9.20 Å². The van der Waals surface area contributed by atoms with E-state index in [9.17, 15) is 4.79 Å². The van der Waals surface area contributed by atoms with Crippen LogP contribution in [-0.4, -0.2) is 28.1 Å². The molecule has 4 aromatic rings. The van der Waals surface area contributed by atoms with Gasteiger partial charge in [0.05, 0.1) is 21.8 Å². The number of hydrogen-bond acceptors (Lipinski definition) is 5.